The van der Waals surface area contributed by atoms with Crippen molar-refractivity contribution in [3.63, 3.8) is 0 Å². The van der Waals surface area contributed by atoms with Crippen LogP contribution >= 0.6 is 11.3 Å². The largest absolute Gasteiger partial charge is 0.296 e. The summed E-state index contributed by atoms with van der Waals surface area (Å²) in [5.74, 6) is 2.86. The molecule has 1 aliphatic rings. The van der Waals surface area contributed by atoms with Crippen LogP contribution in [0, 0.1) is 12.3 Å². The molecule has 0 fully saturated rings. The molecule has 0 bridgehead atoms. The Morgan fingerprint density at radius 2 is 2.22 bits per heavy atom. The number of hydrogen-bond donors (Lipinski definition) is 1. The topological polar surface area (TPSA) is 12.0 Å². The third-order valence-corrected chi connectivity index (χ3v) is 5.09. The van der Waals surface area contributed by atoms with Crippen LogP contribution in [0.5, 0.6) is 0 Å². The molecule has 1 nitrogen and oxygen atoms in total. The highest BCUT2D eigenvalue weighted by atomic mass is 32.1. The smallest absolute Gasteiger partial charge is 0.0691 e. The fourth-order valence-electron chi connectivity index (χ4n) is 2.61. The summed E-state index contributed by atoms with van der Waals surface area (Å²) >= 11 is 1.98. The highest BCUT2D eigenvalue weighted by Crippen LogP contribution is 2.32. The Hall–Kier alpha value is -0.780. The molecule has 0 amide bonds. The van der Waals surface area contributed by atoms with E-state index < -0.39 is 0 Å². The van der Waals surface area contributed by atoms with E-state index in [1.54, 1.807) is 10.4 Å². The minimum atomic E-state index is 0.212. The monoisotopic (exact) mass is 261 g/mol. The van der Waals surface area contributed by atoms with Gasteiger partial charge in [0.25, 0.3) is 0 Å². The van der Waals surface area contributed by atoms with Crippen LogP contribution in [0.2, 0.25) is 0 Å². The van der Waals surface area contributed by atoms with Crippen molar-refractivity contribution in [1.82, 2.24) is 5.32 Å². The lowest BCUT2D eigenvalue weighted by Gasteiger charge is -2.17. The lowest BCUT2D eigenvalue weighted by molar-refractivity contribution is 0.500. The molecular weight excluding hydrogens is 238 g/mol. The highest BCUT2D eigenvalue weighted by Gasteiger charge is 2.17. The van der Waals surface area contributed by atoms with Gasteiger partial charge in [-0.05, 0) is 50.7 Å². The van der Waals surface area contributed by atoms with E-state index in [0.717, 1.165) is 12.8 Å². The first-order valence-electron chi connectivity index (χ1n) is 7.08. The van der Waals surface area contributed by atoms with Crippen LogP contribution in [0.1, 0.15) is 60.9 Å². The summed E-state index contributed by atoms with van der Waals surface area (Å²) in [4.78, 5) is 3.07. The quantitative estimate of drug-likeness (QED) is 0.788. The zero-order chi connectivity index (χ0) is 13.0. The fraction of sp³-hybridized carbons (Fsp3) is 0.625. The van der Waals surface area contributed by atoms with E-state index in [1.165, 1.54) is 30.6 Å². The van der Waals surface area contributed by atoms with Gasteiger partial charge in [-0.3, -0.25) is 5.32 Å². The lowest BCUT2D eigenvalue weighted by Crippen LogP contribution is -2.29. The summed E-state index contributed by atoms with van der Waals surface area (Å²) in [5.41, 5.74) is 1.59. The SMILES string of the molecule is C#CC(CCC)NC(C)c1cc2c(s1)CCCC2. The molecule has 2 heteroatoms. The van der Waals surface area contributed by atoms with Crippen molar-refractivity contribution >= 4 is 11.3 Å². The van der Waals surface area contributed by atoms with E-state index >= 15 is 0 Å². The van der Waals surface area contributed by atoms with Crippen LogP contribution in [0.3, 0.4) is 0 Å². The zero-order valence-corrected chi connectivity index (χ0v) is 12.3. The van der Waals surface area contributed by atoms with Gasteiger partial charge in [-0.2, -0.15) is 0 Å². The molecule has 0 aromatic carbocycles. The second-order valence-corrected chi connectivity index (χ2v) is 6.37. The summed E-state index contributed by atoms with van der Waals surface area (Å²) in [6, 6.07) is 2.99. The highest BCUT2D eigenvalue weighted by molar-refractivity contribution is 7.12. The Bertz CT molecular complexity index is 403. The van der Waals surface area contributed by atoms with Crippen molar-refractivity contribution in [1.29, 1.82) is 0 Å². The summed E-state index contributed by atoms with van der Waals surface area (Å²) in [5, 5.41) is 3.57. The predicted octanol–water partition coefficient (Wildman–Crippen LogP) is 4.08. The molecule has 0 spiro atoms. The molecular formula is C16H23NS. The van der Waals surface area contributed by atoms with Gasteiger partial charge in [0.15, 0.2) is 0 Å². The molecule has 1 N–H and O–H groups in total. The summed E-state index contributed by atoms with van der Waals surface area (Å²) in [7, 11) is 0. The van der Waals surface area contributed by atoms with E-state index in [4.69, 9.17) is 6.42 Å². The molecule has 2 atom stereocenters. The molecule has 1 heterocycles. The molecule has 1 aromatic heterocycles. The maximum atomic E-state index is 5.57. The first-order valence-corrected chi connectivity index (χ1v) is 7.90. The standard InChI is InChI=1S/C16H23NS/c1-4-8-14(5-2)17-12(3)16-11-13-9-6-7-10-15(13)18-16/h2,11-12,14,17H,4,6-10H2,1,3H3. The molecule has 0 radical (unpaired) electrons. The number of terminal acetylenes is 1. The van der Waals surface area contributed by atoms with E-state index in [1.807, 2.05) is 11.3 Å². The second-order valence-electron chi connectivity index (χ2n) is 5.20. The van der Waals surface area contributed by atoms with Crippen molar-refractivity contribution in [3.8, 4) is 12.3 Å². The van der Waals surface area contributed by atoms with Gasteiger partial charge in [-0.15, -0.1) is 17.8 Å². The third-order valence-electron chi connectivity index (χ3n) is 3.67. The van der Waals surface area contributed by atoms with Crippen LogP contribution in [0.15, 0.2) is 6.07 Å². The predicted molar refractivity (Wildman–Crippen MR) is 80.0 cm³/mol. The maximum Gasteiger partial charge on any atom is 0.0691 e. The number of nitrogens with one attached hydrogen (secondary N) is 1. The van der Waals surface area contributed by atoms with E-state index in [0.29, 0.717) is 6.04 Å². The van der Waals surface area contributed by atoms with Gasteiger partial charge in [-0.25, -0.2) is 0 Å². The molecule has 0 saturated carbocycles. The molecule has 0 saturated heterocycles. The second kappa shape index (κ2) is 6.41. The summed E-state index contributed by atoms with van der Waals surface area (Å²) in [6.45, 7) is 4.41. The zero-order valence-electron chi connectivity index (χ0n) is 11.5. The lowest BCUT2D eigenvalue weighted by atomic mass is 9.99. The Morgan fingerprint density at radius 1 is 1.44 bits per heavy atom. The number of rotatable bonds is 5. The van der Waals surface area contributed by atoms with Crippen LogP contribution in [-0.2, 0) is 12.8 Å². The number of fused-ring (bicyclic) bond motifs is 1. The minimum absolute atomic E-state index is 0.212. The Balaban J connectivity index is 2.02. The molecule has 2 unspecified atom stereocenters. The van der Waals surface area contributed by atoms with Gasteiger partial charge in [-0.1, -0.05) is 19.3 Å². The molecule has 98 valence electrons. The minimum Gasteiger partial charge on any atom is -0.296 e. The molecule has 18 heavy (non-hydrogen) atoms. The summed E-state index contributed by atoms with van der Waals surface area (Å²) in [6.07, 6.45) is 13.0. The fourth-order valence-corrected chi connectivity index (χ4v) is 3.88. The van der Waals surface area contributed by atoms with E-state index in [2.05, 4.69) is 31.2 Å². The third kappa shape index (κ3) is 3.16. The van der Waals surface area contributed by atoms with Gasteiger partial charge in [0.05, 0.1) is 6.04 Å². The first kappa shape index (κ1) is 13.6. The van der Waals surface area contributed by atoms with Crippen molar-refractivity contribution in [2.75, 3.05) is 0 Å². The molecule has 1 aliphatic carbocycles. The number of thiophene rings is 1. The summed E-state index contributed by atoms with van der Waals surface area (Å²) < 4.78 is 0. The van der Waals surface area contributed by atoms with Gasteiger partial charge >= 0.3 is 0 Å². The number of hydrogen-bond acceptors (Lipinski definition) is 2. The van der Waals surface area contributed by atoms with Crippen LogP contribution in [-0.4, -0.2) is 6.04 Å². The van der Waals surface area contributed by atoms with E-state index in [-0.39, 0.29) is 6.04 Å². The average Bonchev–Trinajstić information content (AvgIpc) is 2.82. The normalized spacial score (nSPS) is 17.8. The average molecular weight is 261 g/mol. The first-order chi connectivity index (χ1) is 8.74. The Morgan fingerprint density at radius 3 is 2.89 bits per heavy atom. The maximum absolute atomic E-state index is 5.57. The molecule has 2 rings (SSSR count). The van der Waals surface area contributed by atoms with Gasteiger partial charge in [0.2, 0.25) is 0 Å². The number of aryl methyl sites for hydroxylation is 2. The van der Waals surface area contributed by atoms with Crippen LogP contribution in [0.4, 0.5) is 0 Å². The van der Waals surface area contributed by atoms with Gasteiger partial charge < -0.3 is 0 Å². The van der Waals surface area contributed by atoms with Crippen LogP contribution < -0.4 is 5.32 Å². The van der Waals surface area contributed by atoms with Gasteiger partial charge in [0.1, 0.15) is 0 Å². The van der Waals surface area contributed by atoms with Crippen molar-refractivity contribution in [2.45, 2.75) is 64.5 Å². The van der Waals surface area contributed by atoms with Crippen molar-refractivity contribution < 1.29 is 0 Å². The van der Waals surface area contributed by atoms with Gasteiger partial charge in [0, 0.05) is 15.8 Å². The van der Waals surface area contributed by atoms with Crippen molar-refractivity contribution in [3.05, 3.63) is 21.4 Å². The molecule has 1 aromatic rings. The van der Waals surface area contributed by atoms with Crippen LogP contribution in [0.25, 0.3) is 0 Å². The van der Waals surface area contributed by atoms with Crippen molar-refractivity contribution in [2.24, 2.45) is 0 Å². The Labute approximate surface area is 115 Å². The molecule has 0 aliphatic heterocycles. The Kier molecular flexibility index (Phi) is 4.86. The van der Waals surface area contributed by atoms with E-state index in [9.17, 15) is 0 Å².